The SMILES string of the molecule is CSc1ncnc2c1ncn2C1COC(CO)O1. The van der Waals surface area contributed by atoms with Crippen molar-refractivity contribution in [2.75, 3.05) is 19.5 Å². The third-order valence-electron chi connectivity index (χ3n) is 2.71. The molecule has 2 aromatic heterocycles. The Bertz CT molecular complexity index is 561. The normalized spacial score (nSPS) is 23.9. The largest absolute Gasteiger partial charge is 0.391 e. The molecule has 1 N–H and O–H groups in total. The van der Waals surface area contributed by atoms with Gasteiger partial charge in [-0.25, -0.2) is 15.0 Å². The standard InChI is InChI=1S/C10H12N4O3S/c1-18-10-8-9(11-4-12-10)14(5-13-8)6-3-16-7(2-15)17-6/h4-7,15H,2-3H2,1H3. The first-order valence-corrected chi connectivity index (χ1v) is 6.65. The molecule has 1 fully saturated rings. The van der Waals surface area contributed by atoms with E-state index in [9.17, 15) is 0 Å². The van der Waals surface area contributed by atoms with Crippen molar-refractivity contribution < 1.29 is 14.6 Å². The minimum Gasteiger partial charge on any atom is -0.391 e. The molecule has 3 heterocycles. The first-order valence-electron chi connectivity index (χ1n) is 5.43. The van der Waals surface area contributed by atoms with E-state index in [0.717, 1.165) is 10.5 Å². The highest BCUT2D eigenvalue weighted by Gasteiger charge is 2.28. The van der Waals surface area contributed by atoms with Crippen LogP contribution in [0.25, 0.3) is 11.2 Å². The number of imidazole rings is 1. The number of rotatable bonds is 3. The fraction of sp³-hybridized carbons (Fsp3) is 0.500. The summed E-state index contributed by atoms with van der Waals surface area (Å²) in [4.78, 5) is 12.7. The summed E-state index contributed by atoms with van der Waals surface area (Å²) >= 11 is 1.52. The van der Waals surface area contributed by atoms with Gasteiger partial charge in [-0.3, -0.25) is 4.57 Å². The number of hydrogen-bond donors (Lipinski definition) is 1. The first-order chi connectivity index (χ1) is 8.83. The number of aliphatic hydroxyl groups excluding tert-OH is 1. The summed E-state index contributed by atoms with van der Waals surface area (Å²) in [6.45, 7) is 0.212. The molecule has 7 nitrogen and oxygen atoms in total. The first kappa shape index (κ1) is 11.8. The Balaban J connectivity index is 1.98. The van der Waals surface area contributed by atoms with Gasteiger partial charge in [0.15, 0.2) is 18.2 Å². The van der Waals surface area contributed by atoms with E-state index < -0.39 is 6.29 Å². The number of nitrogens with zero attached hydrogens (tertiary/aromatic N) is 4. The molecule has 8 heteroatoms. The van der Waals surface area contributed by atoms with Crippen molar-refractivity contribution in [1.82, 2.24) is 19.5 Å². The number of thioether (sulfide) groups is 1. The van der Waals surface area contributed by atoms with Crippen molar-refractivity contribution in [2.45, 2.75) is 17.5 Å². The molecule has 1 saturated heterocycles. The Labute approximate surface area is 107 Å². The summed E-state index contributed by atoms with van der Waals surface area (Å²) in [5.41, 5.74) is 1.46. The van der Waals surface area contributed by atoms with Crippen molar-refractivity contribution >= 4 is 22.9 Å². The molecular formula is C10H12N4O3S. The second-order valence-electron chi connectivity index (χ2n) is 3.74. The van der Waals surface area contributed by atoms with Gasteiger partial charge in [0.25, 0.3) is 0 Å². The summed E-state index contributed by atoms with van der Waals surface area (Å²) in [5, 5.41) is 9.80. The topological polar surface area (TPSA) is 82.3 Å². The third-order valence-corrected chi connectivity index (χ3v) is 3.40. The van der Waals surface area contributed by atoms with E-state index in [1.165, 1.54) is 18.1 Å². The van der Waals surface area contributed by atoms with Gasteiger partial charge in [0, 0.05) is 0 Å². The summed E-state index contributed by atoms with van der Waals surface area (Å²) in [5.74, 6) is 0. The molecule has 1 aliphatic heterocycles. The van der Waals surface area contributed by atoms with Gasteiger partial charge < -0.3 is 14.6 Å². The third kappa shape index (κ3) is 1.87. The molecule has 0 spiro atoms. The highest BCUT2D eigenvalue weighted by Crippen LogP contribution is 2.27. The molecule has 18 heavy (non-hydrogen) atoms. The van der Waals surface area contributed by atoms with Crippen LogP contribution in [-0.4, -0.2) is 50.4 Å². The molecule has 96 valence electrons. The van der Waals surface area contributed by atoms with E-state index in [1.807, 2.05) is 6.26 Å². The average molecular weight is 268 g/mol. The van der Waals surface area contributed by atoms with Gasteiger partial charge in [0.1, 0.15) is 16.9 Å². The molecule has 2 atom stereocenters. The van der Waals surface area contributed by atoms with Crippen LogP contribution in [-0.2, 0) is 9.47 Å². The minimum absolute atomic E-state index is 0.159. The van der Waals surface area contributed by atoms with Crippen molar-refractivity contribution in [1.29, 1.82) is 0 Å². The smallest absolute Gasteiger partial charge is 0.183 e. The van der Waals surface area contributed by atoms with Crippen LogP contribution in [0, 0.1) is 0 Å². The van der Waals surface area contributed by atoms with Crippen LogP contribution in [0.1, 0.15) is 6.23 Å². The van der Waals surface area contributed by atoms with E-state index in [-0.39, 0.29) is 12.8 Å². The molecule has 0 aliphatic carbocycles. The Morgan fingerprint density at radius 1 is 1.50 bits per heavy atom. The minimum atomic E-state index is -0.575. The molecule has 2 unspecified atom stereocenters. The predicted octanol–water partition coefficient (Wildman–Crippen LogP) is 0.412. The Morgan fingerprint density at radius 2 is 2.39 bits per heavy atom. The molecule has 0 bridgehead atoms. The van der Waals surface area contributed by atoms with Gasteiger partial charge in [-0.1, -0.05) is 0 Å². The van der Waals surface area contributed by atoms with Crippen LogP contribution < -0.4 is 0 Å². The lowest BCUT2D eigenvalue weighted by Crippen LogP contribution is -2.15. The number of ether oxygens (including phenoxy) is 2. The van der Waals surface area contributed by atoms with Gasteiger partial charge >= 0.3 is 0 Å². The highest BCUT2D eigenvalue weighted by molar-refractivity contribution is 7.98. The Hall–Kier alpha value is -1.22. The summed E-state index contributed by atoms with van der Waals surface area (Å²) in [6, 6.07) is 0. The van der Waals surface area contributed by atoms with Crippen LogP contribution in [0.4, 0.5) is 0 Å². The van der Waals surface area contributed by atoms with Crippen molar-refractivity contribution in [3.8, 4) is 0 Å². The number of fused-ring (bicyclic) bond motifs is 1. The van der Waals surface area contributed by atoms with Crippen molar-refractivity contribution in [2.24, 2.45) is 0 Å². The van der Waals surface area contributed by atoms with Crippen LogP contribution in [0.5, 0.6) is 0 Å². The predicted molar refractivity (Wildman–Crippen MR) is 64.1 cm³/mol. The quantitative estimate of drug-likeness (QED) is 0.637. The van der Waals surface area contributed by atoms with E-state index in [0.29, 0.717) is 12.3 Å². The lowest BCUT2D eigenvalue weighted by atomic mass is 10.5. The molecular weight excluding hydrogens is 256 g/mol. The molecule has 2 aromatic rings. The van der Waals surface area contributed by atoms with Crippen molar-refractivity contribution in [3.63, 3.8) is 0 Å². The molecule has 0 aromatic carbocycles. The summed E-state index contributed by atoms with van der Waals surface area (Å²) in [6.07, 6.45) is 4.22. The van der Waals surface area contributed by atoms with E-state index in [4.69, 9.17) is 14.6 Å². The average Bonchev–Trinajstić information content (AvgIpc) is 3.03. The monoisotopic (exact) mass is 268 g/mol. The van der Waals surface area contributed by atoms with Gasteiger partial charge in [-0.15, -0.1) is 11.8 Å². The zero-order valence-corrected chi connectivity index (χ0v) is 10.5. The summed E-state index contributed by atoms with van der Waals surface area (Å²) < 4.78 is 12.6. The van der Waals surface area contributed by atoms with Gasteiger partial charge in [0.2, 0.25) is 0 Å². The van der Waals surface area contributed by atoms with Crippen LogP contribution in [0.3, 0.4) is 0 Å². The maximum atomic E-state index is 8.97. The van der Waals surface area contributed by atoms with Crippen LogP contribution in [0.2, 0.25) is 0 Å². The van der Waals surface area contributed by atoms with Gasteiger partial charge in [-0.2, -0.15) is 0 Å². The fourth-order valence-corrected chi connectivity index (χ4v) is 2.37. The molecule has 1 aliphatic rings. The second-order valence-corrected chi connectivity index (χ2v) is 4.54. The number of hydrogen-bond acceptors (Lipinski definition) is 7. The fourth-order valence-electron chi connectivity index (χ4n) is 1.88. The van der Waals surface area contributed by atoms with Crippen LogP contribution in [0.15, 0.2) is 17.7 Å². The lowest BCUT2D eigenvalue weighted by molar-refractivity contribution is -0.0980. The molecule has 0 saturated carbocycles. The van der Waals surface area contributed by atoms with Gasteiger partial charge in [0.05, 0.1) is 19.5 Å². The molecule has 0 amide bonds. The number of aliphatic hydroxyl groups is 1. The molecule has 0 radical (unpaired) electrons. The zero-order valence-electron chi connectivity index (χ0n) is 9.68. The van der Waals surface area contributed by atoms with E-state index >= 15 is 0 Å². The zero-order chi connectivity index (χ0) is 12.5. The lowest BCUT2D eigenvalue weighted by Gasteiger charge is -2.11. The van der Waals surface area contributed by atoms with Crippen LogP contribution >= 0.6 is 11.8 Å². The van der Waals surface area contributed by atoms with Gasteiger partial charge in [-0.05, 0) is 6.26 Å². The maximum absolute atomic E-state index is 8.97. The summed E-state index contributed by atoms with van der Waals surface area (Å²) in [7, 11) is 0. The van der Waals surface area contributed by atoms with E-state index in [2.05, 4.69) is 15.0 Å². The Morgan fingerprint density at radius 3 is 3.11 bits per heavy atom. The maximum Gasteiger partial charge on any atom is 0.183 e. The highest BCUT2D eigenvalue weighted by atomic mass is 32.2. The van der Waals surface area contributed by atoms with Crippen molar-refractivity contribution in [3.05, 3.63) is 12.7 Å². The number of aromatic nitrogens is 4. The van der Waals surface area contributed by atoms with E-state index in [1.54, 1.807) is 10.9 Å². The Kier molecular flexibility index (Phi) is 3.16. The second kappa shape index (κ2) is 4.81. The molecule has 3 rings (SSSR count).